The number of rotatable bonds is 5. The molecular weight excluding hydrogens is 354 g/mol. The maximum absolute atomic E-state index is 12.2. The second-order valence-electron chi connectivity index (χ2n) is 5.67. The van der Waals surface area contributed by atoms with Crippen molar-refractivity contribution >= 4 is 34.2 Å². The molecule has 132 valence electrons. The Labute approximate surface area is 155 Å². The fourth-order valence-electron chi connectivity index (χ4n) is 2.53. The number of aromatic hydroxyl groups is 1. The van der Waals surface area contributed by atoms with Gasteiger partial charge in [0.2, 0.25) is 0 Å². The lowest BCUT2D eigenvalue weighted by atomic mass is 10.1. The summed E-state index contributed by atoms with van der Waals surface area (Å²) >= 11 is 5.88. The zero-order valence-electron chi connectivity index (χ0n) is 13.7. The van der Waals surface area contributed by atoms with Gasteiger partial charge in [-0.05, 0) is 29.1 Å². The van der Waals surface area contributed by atoms with Crippen LogP contribution in [0.15, 0.2) is 60.7 Å². The first-order chi connectivity index (χ1) is 12.5. The average Bonchev–Trinajstić information content (AvgIpc) is 2.65. The molecule has 6 heteroatoms. The Bertz CT molecular complexity index is 971. The van der Waals surface area contributed by atoms with E-state index in [0.717, 1.165) is 10.9 Å². The third-order valence-electron chi connectivity index (χ3n) is 3.83. The number of carbonyl (C=O) groups excluding carboxylic acids is 2. The Kier molecular flexibility index (Phi) is 5.39. The van der Waals surface area contributed by atoms with Gasteiger partial charge in [0, 0.05) is 17.0 Å². The van der Waals surface area contributed by atoms with E-state index in [2.05, 4.69) is 5.32 Å². The molecule has 3 aromatic rings. The predicted octanol–water partition coefficient (Wildman–Crippen LogP) is 3.67. The van der Waals surface area contributed by atoms with E-state index in [0.29, 0.717) is 10.4 Å². The van der Waals surface area contributed by atoms with Crippen molar-refractivity contribution in [3.8, 4) is 5.75 Å². The smallest absolute Gasteiger partial charge is 0.342 e. The number of hydrogen-bond acceptors (Lipinski definition) is 4. The number of phenolic OH excluding ortho intramolecular Hbond substituents is 1. The van der Waals surface area contributed by atoms with Crippen LogP contribution in [0.2, 0.25) is 5.02 Å². The Morgan fingerprint density at radius 3 is 2.65 bits per heavy atom. The Hall–Kier alpha value is -3.05. The van der Waals surface area contributed by atoms with Gasteiger partial charge in [0.15, 0.2) is 6.61 Å². The number of halogens is 1. The molecule has 0 bridgehead atoms. The molecule has 0 aliphatic heterocycles. The van der Waals surface area contributed by atoms with E-state index in [1.165, 1.54) is 6.07 Å². The van der Waals surface area contributed by atoms with Crippen LogP contribution in [0, 0.1) is 0 Å². The van der Waals surface area contributed by atoms with Crippen LogP contribution in [0.5, 0.6) is 5.75 Å². The van der Waals surface area contributed by atoms with Gasteiger partial charge in [-0.3, -0.25) is 4.79 Å². The minimum atomic E-state index is -0.758. The number of benzene rings is 3. The summed E-state index contributed by atoms with van der Waals surface area (Å²) < 4.78 is 4.99. The summed E-state index contributed by atoms with van der Waals surface area (Å²) in [6.07, 6.45) is 0. The third kappa shape index (κ3) is 4.13. The molecule has 0 saturated carbocycles. The molecule has 0 aliphatic carbocycles. The van der Waals surface area contributed by atoms with Crippen molar-refractivity contribution in [2.75, 3.05) is 6.61 Å². The average molecular weight is 370 g/mol. The van der Waals surface area contributed by atoms with Crippen LogP contribution in [-0.2, 0) is 16.1 Å². The van der Waals surface area contributed by atoms with Gasteiger partial charge in [-0.15, -0.1) is 0 Å². The molecule has 0 fully saturated rings. The van der Waals surface area contributed by atoms with Crippen molar-refractivity contribution < 1.29 is 19.4 Å². The fourth-order valence-corrected chi connectivity index (χ4v) is 2.74. The zero-order valence-corrected chi connectivity index (χ0v) is 14.5. The molecule has 0 atom stereocenters. The van der Waals surface area contributed by atoms with E-state index in [9.17, 15) is 14.7 Å². The van der Waals surface area contributed by atoms with E-state index in [1.54, 1.807) is 36.4 Å². The van der Waals surface area contributed by atoms with Crippen LogP contribution in [-0.4, -0.2) is 23.6 Å². The first-order valence-electron chi connectivity index (χ1n) is 7.93. The Balaban J connectivity index is 1.58. The lowest BCUT2D eigenvalue weighted by Crippen LogP contribution is -2.28. The lowest BCUT2D eigenvalue weighted by Gasteiger charge is -2.09. The second-order valence-corrected chi connectivity index (χ2v) is 6.10. The lowest BCUT2D eigenvalue weighted by molar-refractivity contribution is -0.124. The highest BCUT2D eigenvalue weighted by Crippen LogP contribution is 2.28. The molecule has 0 saturated heterocycles. The normalized spacial score (nSPS) is 10.5. The standard InChI is InChI=1S/C20H16ClNO4/c21-15-6-3-4-13(10-15)11-22-18(23)12-26-20(25)17-9-8-14-5-1-2-7-16(14)19(17)24/h1-10,24H,11-12H2,(H,22,23). The van der Waals surface area contributed by atoms with Crippen LogP contribution in [0.4, 0.5) is 0 Å². The van der Waals surface area contributed by atoms with Crippen molar-refractivity contribution in [2.45, 2.75) is 6.54 Å². The van der Waals surface area contributed by atoms with Crippen molar-refractivity contribution in [2.24, 2.45) is 0 Å². The topological polar surface area (TPSA) is 75.6 Å². The summed E-state index contributed by atoms with van der Waals surface area (Å²) in [7, 11) is 0. The van der Waals surface area contributed by atoms with Gasteiger partial charge >= 0.3 is 5.97 Å². The molecular formula is C20H16ClNO4. The van der Waals surface area contributed by atoms with Crippen LogP contribution in [0.1, 0.15) is 15.9 Å². The number of carbonyl (C=O) groups is 2. The molecule has 0 aliphatic rings. The van der Waals surface area contributed by atoms with Crippen LogP contribution >= 0.6 is 11.6 Å². The van der Waals surface area contributed by atoms with Gasteiger partial charge in [0.1, 0.15) is 11.3 Å². The summed E-state index contributed by atoms with van der Waals surface area (Å²) in [6, 6.07) is 17.4. The first kappa shape index (κ1) is 17.8. The molecule has 0 radical (unpaired) electrons. The Morgan fingerprint density at radius 1 is 1.04 bits per heavy atom. The van der Waals surface area contributed by atoms with Gasteiger partial charge in [-0.25, -0.2) is 4.79 Å². The molecule has 0 aromatic heterocycles. The van der Waals surface area contributed by atoms with Crippen molar-refractivity contribution in [3.05, 3.63) is 76.8 Å². The second kappa shape index (κ2) is 7.89. The van der Waals surface area contributed by atoms with Gasteiger partial charge in [-0.1, -0.05) is 54.1 Å². The minimum Gasteiger partial charge on any atom is -0.506 e. The summed E-state index contributed by atoms with van der Waals surface area (Å²) in [5.41, 5.74) is 0.857. The van der Waals surface area contributed by atoms with Crippen LogP contribution < -0.4 is 5.32 Å². The summed E-state index contributed by atoms with van der Waals surface area (Å²) in [5.74, 6) is -1.36. The highest BCUT2D eigenvalue weighted by molar-refractivity contribution is 6.30. The van der Waals surface area contributed by atoms with E-state index >= 15 is 0 Å². The number of nitrogens with one attached hydrogen (secondary N) is 1. The van der Waals surface area contributed by atoms with Gasteiger partial charge in [0.25, 0.3) is 5.91 Å². The van der Waals surface area contributed by atoms with Crippen LogP contribution in [0.3, 0.4) is 0 Å². The molecule has 3 rings (SSSR count). The Morgan fingerprint density at radius 2 is 1.85 bits per heavy atom. The molecule has 0 spiro atoms. The molecule has 5 nitrogen and oxygen atoms in total. The largest absolute Gasteiger partial charge is 0.506 e. The van der Waals surface area contributed by atoms with Crippen LogP contribution in [0.25, 0.3) is 10.8 Å². The van der Waals surface area contributed by atoms with E-state index in [4.69, 9.17) is 16.3 Å². The number of phenols is 1. The molecule has 1 amide bonds. The highest BCUT2D eigenvalue weighted by Gasteiger charge is 2.16. The quantitative estimate of drug-likeness (QED) is 0.673. The zero-order chi connectivity index (χ0) is 18.5. The molecule has 26 heavy (non-hydrogen) atoms. The van der Waals surface area contributed by atoms with Gasteiger partial charge in [-0.2, -0.15) is 0 Å². The van der Waals surface area contributed by atoms with E-state index in [1.807, 2.05) is 18.2 Å². The van der Waals surface area contributed by atoms with Crippen molar-refractivity contribution in [3.63, 3.8) is 0 Å². The number of amides is 1. The number of hydrogen-bond donors (Lipinski definition) is 2. The fraction of sp³-hybridized carbons (Fsp3) is 0.100. The SMILES string of the molecule is O=C(COC(=O)c1ccc2ccccc2c1O)NCc1cccc(Cl)c1. The molecule has 2 N–H and O–H groups in total. The number of esters is 1. The van der Waals surface area contributed by atoms with Crippen molar-refractivity contribution in [1.82, 2.24) is 5.32 Å². The molecule has 0 unspecified atom stereocenters. The summed E-state index contributed by atoms with van der Waals surface area (Å²) in [6.45, 7) is -0.163. The van der Waals surface area contributed by atoms with Crippen molar-refractivity contribution in [1.29, 1.82) is 0 Å². The third-order valence-corrected chi connectivity index (χ3v) is 4.07. The number of ether oxygens (including phenoxy) is 1. The molecule has 0 heterocycles. The minimum absolute atomic E-state index is 0.0198. The highest BCUT2D eigenvalue weighted by atomic mass is 35.5. The first-order valence-corrected chi connectivity index (χ1v) is 8.31. The number of fused-ring (bicyclic) bond motifs is 1. The monoisotopic (exact) mass is 369 g/mol. The summed E-state index contributed by atoms with van der Waals surface area (Å²) in [4.78, 5) is 24.0. The van der Waals surface area contributed by atoms with E-state index in [-0.39, 0.29) is 17.9 Å². The van der Waals surface area contributed by atoms with E-state index < -0.39 is 18.5 Å². The molecule has 3 aromatic carbocycles. The maximum atomic E-state index is 12.2. The van der Waals surface area contributed by atoms with Gasteiger partial charge < -0.3 is 15.2 Å². The summed E-state index contributed by atoms with van der Waals surface area (Å²) in [5, 5.41) is 14.8. The predicted molar refractivity (Wildman–Crippen MR) is 99.2 cm³/mol. The van der Waals surface area contributed by atoms with Gasteiger partial charge in [0.05, 0.1) is 0 Å². The maximum Gasteiger partial charge on any atom is 0.342 e.